The number of rotatable bonds is 3. The molecule has 1 unspecified atom stereocenters. The van der Waals surface area contributed by atoms with Crippen LogP contribution in [-0.2, 0) is 10.2 Å². The number of benzene rings is 1. The van der Waals surface area contributed by atoms with Crippen LogP contribution in [0.1, 0.15) is 60.5 Å². The fourth-order valence-electron chi connectivity index (χ4n) is 2.03. The number of hydrogen-bond acceptors (Lipinski definition) is 2. The lowest BCUT2D eigenvalue weighted by Gasteiger charge is -2.21. The van der Waals surface area contributed by atoms with Gasteiger partial charge in [0.2, 0.25) is 0 Å². The number of nitrogens with zero attached hydrogens (tertiary/aromatic N) is 1. The van der Waals surface area contributed by atoms with Gasteiger partial charge in [0.25, 0.3) is 0 Å². The quantitative estimate of drug-likeness (QED) is 0.269. The van der Waals surface area contributed by atoms with Gasteiger partial charge in [0.15, 0.2) is 11.6 Å². The van der Waals surface area contributed by atoms with Crippen molar-refractivity contribution in [2.45, 2.75) is 60.3 Å². The Balaban J connectivity index is 0.000000841. The van der Waals surface area contributed by atoms with E-state index in [1.54, 1.807) is 20.8 Å². The summed E-state index contributed by atoms with van der Waals surface area (Å²) in [4.78, 5) is 13.6. The SMILES string of the molecule is CC.CC(C)(C)c1cc(Cl)nc(-c2ccc(F)c(Cl)c2F)c1F.CCC(C)C=O. The van der Waals surface area contributed by atoms with Gasteiger partial charge in [0.05, 0.1) is 0 Å². The fourth-order valence-corrected chi connectivity index (χ4v) is 2.39. The standard InChI is InChI=1S/C15H12Cl2F3N.C5H10O.C2H6/c1-15(2,3)8-6-10(16)21-14(13(8)20)7-4-5-9(18)11(17)12(7)19;1-3-5(2)4-6;1-2/h4-6H,1-3H3;4-5H,3H2,1-2H3;1-2H3. The third kappa shape index (κ3) is 7.63. The molecular weight excluding hydrogens is 422 g/mol. The van der Waals surface area contributed by atoms with E-state index in [9.17, 15) is 18.0 Å². The first-order valence-electron chi connectivity index (χ1n) is 9.39. The summed E-state index contributed by atoms with van der Waals surface area (Å²) in [6.45, 7) is 13.3. The highest BCUT2D eigenvalue weighted by atomic mass is 35.5. The second-order valence-corrected chi connectivity index (χ2v) is 7.91. The van der Waals surface area contributed by atoms with Crippen LogP contribution in [0, 0.1) is 23.4 Å². The van der Waals surface area contributed by atoms with E-state index in [-0.39, 0.29) is 27.9 Å². The number of halogens is 5. The van der Waals surface area contributed by atoms with E-state index in [2.05, 4.69) is 4.98 Å². The molecule has 0 saturated carbocycles. The summed E-state index contributed by atoms with van der Waals surface area (Å²) in [7, 11) is 0. The molecular formula is C22H28Cl2F3NO. The van der Waals surface area contributed by atoms with Gasteiger partial charge in [-0.2, -0.15) is 0 Å². The van der Waals surface area contributed by atoms with Crippen LogP contribution in [0.5, 0.6) is 0 Å². The maximum Gasteiger partial charge on any atom is 0.154 e. The molecule has 29 heavy (non-hydrogen) atoms. The van der Waals surface area contributed by atoms with Gasteiger partial charge in [-0.05, 0) is 35.6 Å². The molecule has 1 atom stereocenters. The van der Waals surface area contributed by atoms with E-state index >= 15 is 0 Å². The summed E-state index contributed by atoms with van der Waals surface area (Å²) in [5.41, 5.74) is -0.776. The molecule has 7 heteroatoms. The van der Waals surface area contributed by atoms with E-state index in [1.165, 1.54) is 6.07 Å². The Bertz CT molecular complexity index is 821. The molecule has 2 nitrogen and oxygen atoms in total. The molecule has 0 spiro atoms. The van der Waals surface area contributed by atoms with Gasteiger partial charge in [-0.3, -0.25) is 0 Å². The van der Waals surface area contributed by atoms with Gasteiger partial charge >= 0.3 is 0 Å². The second kappa shape index (κ2) is 12.2. The minimum absolute atomic E-state index is 0.0242. The Morgan fingerprint density at radius 1 is 1.10 bits per heavy atom. The third-order valence-electron chi connectivity index (χ3n) is 3.90. The summed E-state index contributed by atoms with van der Waals surface area (Å²) in [5, 5.41) is -0.679. The minimum atomic E-state index is -1.06. The predicted octanol–water partition coefficient (Wildman–Crippen LogP) is 8.03. The van der Waals surface area contributed by atoms with Gasteiger partial charge < -0.3 is 4.79 Å². The zero-order valence-corrected chi connectivity index (χ0v) is 19.4. The molecule has 1 heterocycles. The molecule has 0 saturated heterocycles. The van der Waals surface area contributed by atoms with Crippen molar-refractivity contribution in [2.24, 2.45) is 5.92 Å². The van der Waals surface area contributed by atoms with Gasteiger partial charge in [0.1, 0.15) is 28.0 Å². The molecule has 0 aliphatic carbocycles. The summed E-state index contributed by atoms with van der Waals surface area (Å²) >= 11 is 11.4. The molecule has 0 amide bonds. The lowest BCUT2D eigenvalue weighted by atomic mass is 9.86. The van der Waals surface area contributed by atoms with Crippen molar-refractivity contribution in [1.82, 2.24) is 4.98 Å². The molecule has 0 aliphatic heterocycles. The maximum atomic E-state index is 14.6. The topological polar surface area (TPSA) is 30.0 Å². The van der Waals surface area contributed by atoms with Crippen molar-refractivity contribution in [3.8, 4) is 11.3 Å². The van der Waals surface area contributed by atoms with Crippen molar-refractivity contribution < 1.29 is 18.0 Å². The minimum Gasteiger partial charge on any atom is -0.303 e. The van der Waals surface area contributed by atoms with Crippen LogP contribution < -0.4 is 0 Å². The molecule has 2 rings (SSSR count). The van der Waals surface area contributed by atoms with Crippen LogP contribution in [0.2, 0.25) is 10.2 Å². The monoisotopic (exact) mass is 449 g/mol. The molecule has 1 aromatic heterocycles. The van der Waals surface area contributed by atoms with Gasteiger partial charge in [-0.1, -0.05) is 71.7 Å². The zero-order chi connectivity index (χ0) is 22.9. The molecule has 0 radical (unpaired) electrons. The predicted molar refractivity (Wildman–Crippen MR) is 115 cm³/mol. The van der Waals surface area contributed by atoms with E-state index in [1.807, 2.05) is 27.7 Å². The van der Waals surface area contributed by atoms with Crippen LogP contribution in [0.15, 0.2) is 18.2 Å². The first kappa shape index (κ1) is 27.4. The van der Waals surface area contributed by atoms with Gasteiger partial charge in [0, 0.05) is 11.5 Å². The van der Waals surface area contributed by atoms with Crippen LogP contribution >= 0.6 is 23.2 Å². The Kier molecular flexibility index (Phi) is 11.5. The molecule has 162 valence electrons. The summed E-state index contributed by atoms with van der Waals surface area (Å²) in [5.74, 6) is -2.43. The smallest absolute Gasteiger partial charge is 0.154 e. The highest BCUT2D eigenvalue weighted by Gasteiger charge is 2.25. The summed E-state index contributed by atoms with van der Waals surface area (Å²) < 4.78 is 41.9. The van der Waals surface area contributed by atoms with E-state index in [0.717, 1.165) is 24.8 Å². The van der Waals surface area contributed by atoms with E-state index in [4.69, 9.17) is 23.2 Å². The Labute approximate surface area is 181 Å². The van der Waals surface area contributed by atoms with Crippen molar-refractivity contribution in [3.63, 3.8) is 0 Å². The number of carbonyl (C=O) groups excluding carboxylic acids is 1. The Morgan fingerprint density at radius 2 is 1.66 bits per heavy atom. The molecule has 0 aliphatic rings. The first-order chi connectivity index (χ1) is 13.4. The third-order valence-corrected chi connectivity index (χ3v) is 4.44. The van der Waals surface area contributed by atoms with Crippen molar-refractivity contribution in [2.75, 3.05) is 0 Å². The Morgan fingerprint density at radius 3 is 2.07 bits per heavy atom. The number of aromatic nitrogens is 1. The van der Waals surface area contributed by atoms with Crippen LogP contribution in [0.25, 0.3) is 11.3 Å². The van der Waals surface area contributed by atoms with E-state index < -0.39 is 27.9 Å². The molecule has 1 aromatic carbocycles. The summed E-state index contributed by atoms with van der Waals surface area (Å²) in [6.07, 6.45) is 1.93. The average molecular weight is 450 g/mol. The average Bonchev–Trinajstić information content (AvgIpc) is 2.68. The number of hydrogen-bond donors (Lipinski definition) is 0. The number of carbonyl (C=O) groups is 1. The lowest BCUT2D eigenvalue weighted by Crippen LogP contribution is -2.15. The molecule has 0 bridgehead atoms. The van der Waals surface area contributed by atoms with Crippen LogP contribution in [0.3, 0.4) is 0 Å². The number of aldehydes is 1. The lowest BCUT2D eigenvalue weighted by molar-refractivity contribution is -0.110. The largest absolute Gasteiger partial charge is 0.303 e. The first-order valence-corrected chi connectivity index (χ1v) is 10.1. The fraction of sp³-hybridized carbons (Fsp3) is 0.455. The second-order valence-electron chi connectivity index (χ2n) is 7.15. The van der Waals surface area contributed by atoms with Crippen molar-refractivity contribution in [1.29, 1.82) is 0 Å². The Hall–Kier alpha value is -1.59. The molecule has 0 fully saturated rings. The highest BCUT2D eigenvalue weighted by Crippen LogP contribution is 2.35. The number of pyridine rings is 1. The normalized spacial score (nSPS) is 11.6. The zero-order valence-electron chi connectivity index (χ0n) is 17.8. The molecule has 2 aromatic rings. The van der Waals surface area contributed by atoms with Gasteiger partial charge in [-0.25, -0.2) is 18.2 Å². The van der Waals surface area contributed by atoms with Gasteiger partial charge in [-0.15, -0.1) is 0 Å². The molecule has 0 N–H and O–H groups in total. The summed E-state index contributed by atoms with van der Waals surface area (Å²) in [6, 6.07) is 3.44. The van der Waals surface area contributed by atoms with Crippen molar-refractivity contribution >= 4 is 29.5 Å². The highest BCUT2D eigenvalue weighted by molar-refractivity contribution is 6.31. The van der Waals surface area contributed by atoms with Crippen molar-refractivity contribution in [3.05, 3.63) is 51.4 Å². The van der Waals surface area contributed by atoms with Crippen LogP contribution in [-0.4, -0.2) is 11.3 Å². The maximum absolute atomic E-state index is 14.6. The van der Waals surface area contributed by atoms with E-state index in [0.29, 0.717) is 0 Å². The van der Waals surface area contributed by atoms with Crippen LogP contribution in [0.4, 0.5) is 13.2 Å².